The molecule has 9 heteroatoms. The van der Waals surface area contributed by atoms with Gasteiger partial charge in [-0.05, 0) is 42.3 Å². The van der Waals surface area contributed by atoms with Gasteiger partial charge < -0.3 is 15.0 Å². The lowest BCUT2D eigenvalue weighted by molar-refractivity contribution is 0.0736. The minimum absolute atomic E-state index is 0. The highest BCUT2D eigenvalue weighted by Gasteiger charge is 2.29. The van der Waals surface area contributed by atoms with Crippen LogP contribution in [-0.2, 0) is 6.42 Å². The lowest BCUT2D eigenvalue weighted by Gasteiger charge is -2.28. The van der Waals surface area contributed by atoms with E-state index in [1.807, 2.05) is 51.9 Å². The van der Waals surface area contributed by atoms with Crippen molar-refractivity contribution in [1.29, 1.82) is 0 Å². The van der Waals surface area contributed by atoms with Crippen LogP contribution in [-0.4, -0.2) is 53.6 Å². The molecular weight excluding hydrogens is 502 g/mol. The third-order valence-electron chi connectivity index (χ3n) is 6.49. The van der Waals surface area contributed by atoms with Crippen LogP contribution in [0.15, 0.2) is 60.8 Å². The van der Waals surface area contributed by atoms with E-state index in [9.17, 15) is 9.18 Å². The summed E-state index contributed by atoms with van der Waals surface area (Å²) in [5, 5.41) is 4.03. The number of benzene rings is 2. The molecule has 2 aromatic carbocycles. The predicted molar refractivity (Wildman–Crippen MR) is 145 cm³/mol. The highest BCUT2D eigenvalue weighted by Crippen LogP contribution is 2.34. The second-order valence-corrected chi connectivity index (χ2v) is 8.48. The summed E-state index contributed by atoms with van der Waals surface area (Å²) in [4.78, 5) is 20.5. The monoisotopic (exact) mass is 530 g/mol. The molecule has 1 saturated heterocycles. The van der Waals surface area contributed by atoms with E-state index in [1.165, 1.54) is 6.07 Å². The normalized spacial score (nSPS) is 13.1. The summed E-state index contributed by atoms with van der Waals surface area (Å²) in [6.07, 6.45) is 2.06. The number of nitrogens with one attached hydrogen (secondary N) is 1. The molecule has 1 N–H and O–H groups in total. The number of para-hydroxylation sites is 1. The number of ether oxygens (including phenoxy) is 1. The molecule has 0 saturated carbocycles. The maximum Gasteiger partial charge on any atom is 0.256 e. The van der Waals surface area contributed by atoms with E-state index in [0.29, 0.717) is 42.0 Å². The lowest BCUT2D eigenvalue weighted by atomic mass is 9.99. The minimum atomic E-state index is -0.255. The van der Waals surface area contributed by atoms with E-state index in [-0.39, 0.29) is 36.5 Å². The summed E-state index contributed by atoms with van der Waals surface area (Å²) in [6, 6.07) is 16.8. The zero-order valence-corrected chi connectivity index (χ0v) is 21.8. The summed E-state index contributed by atoms with van der Waals surface area (Å²) in [5.41, 5.74) is 4.37. The summed E-state index contributed by atoms with van der Waals surface area (Å²) >= 11 is 0. The molecule has 5 rings (SSSR count). The zero-order valence-electron chi connectivity index (χ0n) is 20.2. The molecule has 3 heterocycles. The van der Waals surface area contributed by atoms with Crippen LogP contribution in [0, 0.1) is 12.7 Å². The third kappa shape index (κ3) is 5.05. The molecule has 1 aliphatic heterocycles. The Morgan fingerprint density at radius 3 is 2.50 bits per heavy atom. The fourth-order valence-electron chi connectivity index (χ4n) is 4.62. The molecule has 0 spiro atoms. The van der Waals surface area contributed by atoms with Crippen molar-refractivity contribution in [2.24, 2.45) is 0 Å². The number of nitrogens with zero attached hydrogens (tertiary/aromatic N) is 3. The number of halogens is 3. The minimum Gasteiger partial charge on any atom is -0.495 e. The van der Waals surface area contributed by atoms with Crippen molar-refractivity contribution in [2.75, 3.05) is 33.3 Å². The Morgan fingerprint density at radius 1 is 1.08 bits per heavy atom. The first-order valence-electron chi connectivity index (χ1n) is 11.4. The van der Waals surface area contributed by atoms with Gasteiger partial charge in [-0.2, -0.15) is 0 Å². The average molecular weight is 531 g/mol. The Bertz CT molecular complexity index is 1360. The first-order valence-corrected chi connectivity index (χ1v) is 11.4. The van der Waals surface area contributed by atoms with Gasteiger partial charge in [-0.3, -0.25) is 9.36 Å². The molecule has 6 nitrogen and oxygen atoms in total. The van der Waals surface area contributed by atoms with Gasteiger partial charge in [0.2, 0.25) is 0 Å². The smallest absolute Gasteiger partial charge is 0.256 e. The molecule has 0 unspecified atom stereocenters. The van der Waals surface area contributed by atoms with Gasteiger partial charge in [0.15, 0.2) is 0 Å². The van der Waals surface area contributed by atoms with Crippen molar-refractivity contribution in [1.82, 2.24) is 19.8 Å². The van der Waals surface area contributed by atoms with Crippen molar-refractivity contribution < 1.29 is 13.9 Å². The summed E-state index contributed by atoms with van der Waals surface area (Å²) in [7, 11) is 1.59. The number of hydrogen-bond acceptors (Lipinski definition) is 4. The molecule has 1 aliphatic rings. The Labute approximate surface area is 222 Å². The van der Waals surface area contributed by atoms with Gasteiger partial charge in [-0.15, -0.1) is 24.8 Å². The van der Waals surface area contributed by atoms with Gasteiger partial charge in [-0.25, -0.2) is 9.37 Å². The highest BCUT2D eigenvalue weighted by atomic mass is 35.5. The second-order valence-electron chi connectivity index (χ2n) is 8.48. The van der Waals surface area contributed by atoms with Crippen LogP contribution in [0.3, 0.4) is 0 Å². The molecule has 36 heavy (non-hydrogen) atoms. The number of carbonyl (C=O) groups is 1. The number of methoxy groups -OCH3 is 1. The second kappa shape index (κ2) is 11.7. The van der Waals surface area contributed by atoms with E-state index in [4.69, 9.17) is 9.72 Å². The molecule has 4 aromatic rings. The quantitative estimate of drug-likeness (QED) is 0.396. The van der Waals surface area contributed by atoms with Crippen molar-refractivity contribution in [3.63, 3.8) is 0 Å². The van der Waals surface area contributed by atoms with Crippen LogP contribution < -0.4 is 10.1 Å². The standard InChI is InChI=1S/C27H27FN4O2.2ClH/c1-18-19(7-6-10-23(18)28)15-24-25(27(33)31-13-11-29-12-14-31)22-16-21(34-2)17-30-26(22)32(24)20-8-4-3-5-9-20;;/h3-10,16-17,29H,11-15H2,1-2H3;2*1H. The van der Waals surface area contributed by atoms with Gasteiger partial charge in [0, 0.05) is 49.4 Å². The largest absolute Gasteiger partial charge is 0.495 e. The number of hydrogen-bond donors (Lipinski definition) is 1. The fraction of sp³-hybridized carbons (Fsp3) is 0.259. The van der Waals surface area contributed by atoms with Gasteiger partial charge in [0.25, 0.3) is 5.91 Å². The summed E-state index contributed by atoms with van der Waals surface area (Å²) in [5.74, 6) is 0.287. The molecule has 2 aromatic heterocycles. The molecular formula is C27H29Cl2FN4O2. The Morgan fingerprint density at radius 2 is 1.81 bits per heavy atom. The first kappa shape index (κ1) is 27.5. The molecule has 0 radical (unpaired) electrons. The van der Waals surface area contributed by atoms with Crippen LogP contribution >= 0.6 is 24.8 Å². The number of aromatic nitrogens is 2. The van der Waals surface area contributed by atoms with Crippen LogP contribution in [0.1, 0.15) is 27.2 Å². The van der Waals surface area contributed by atoms with Crippen molar-refractivity contribution >= 4 is 41.8 Å². The van der Waals surface area contributed by atoms with Crippen LogP contribution in [0.4, 0.5) is 4.39 Å². The van der Waals surface area contributed by atoms with Gasteiger partial charge in [-0.1, -0.05) is 30.3 Å². The highest BCUT2D eigenvalue weighted by molar-refractivity contribution is 6.08. The molecule has 1 fully saturated rings. The topological polar surface area (TPSA) is 59.4 Å². The predicted octanol–water partition coefficient (Wildman–Crippen LogP) is 4.96. The number of amides is 1. The molecule has 0 bridgehead atoms. The maximum atomic E-state index is 14.4. The van der Waals surface area contributed by atoms with Gasteiger partial charge in [0.05, 0.1) is 18.9 Å². The van der Waals surface area contributed by atoms with E-state index in [0.717, 1.165) is 35.4 Å². The summed E-state index contributed by atoms with van der Waals surface area (Å²) < 4.78 is 21.9. The lowest BCUT2D eigenvalue weighted by Crippen LogP contribution is -2.46. The van der Waals surface area contributed by atoms with Crippen molar-refractivity contribution in [3.05, 3.63) is 89.0 Å². The Balaban J connectivity index is 0.00000180. The van der Waals surface area contributed by atoms with Crippen molar-refractivity contribution in [3.8, 4) is 11.4 Å². The van der Waals surface area contributed by atoms with E-state index >= 15 is 0 Å². The number of rotatable bonds is 5. The van der Waals surface area contributed by atoms with Crippen molar-refractivity contribution in [2.45, 2.75) is 13.3 Å². The Hall–Kier alpha value is -3.13. The number of carbonyl (C=O) groups excluding carboxylic acids is 1. The molecule has 0 aliphatic carbocycles. The maximum absolute atomic E-state index is 14.4. The molecule has 190 valence electrons. The number of piperazine rings is 1. The molecule has 0 atom stereocenters. The van der Waals surface area contributed by atoms with Crippen LogP contribution in [0.5, 0.6) is 5.75 Å². The Kier molecular flexibility index (Phi) is 8.95. The van der Waals surface area contributed by atoms with Gasteiger partial charge >= 0.3 is 0 Å². The number of fused-ring (bicyclic) bond motifs is 1. The molecule has 1 amide bonds. The van der Waals surface area contributed by atoms with Crippen LogP contribution in [0.2, 0.25) is 0 Å². The van der Waals surface area contributed by atoms with E-state index in [1.54, 1.807) is 26.3 Å². The summed E-state index contributed by atoms with van der Waals surface area (Å²) in [6.45, 7) is 4.55. The number of pyridine rings is 1. The first-order chi connectivity index (χ1) is 16.6. The fourth-order valence-corrected chi connectivity index (χ4v) is 4.62. The zero-order chi connectivity index (χ0) is 23.7. The SMILES string of the molecule is COc1cnc2c(c1)c(C(=O)N1CCNCC1)c(Cc1cccc(F)c1C)n2-c1ccccc1.Cl.Cl. The average Bonchev–Trinajstić information content (AvgIpc) is 3.20. The van der Waals surface area contributed by atoms with E-state index in [2.05, 4.69) is 5.32 Å². The van der Waals surface area contributed by atoms with Crippen LogP contribution in [0.25, 0.3) is 16.7 Å². The van der Waals surface area contributed by atoms with E-state index < -0.39 is 0 Å². The third-order valence-corrected chi connectivity index (χ3v) is 6.49. The van der Waals surface area contributed by atoms with Gasteiger partial charge in [0.1, 0.15) is 17.2 Å².